The first-order valence-electron chi connectivity index (χ1n) is 11.2. The fourth-order valence-corrected chi connectivity index (χ4v) is 5.77. The molecule has 1 aliphatic heterocycles. The molecule has 9 heteroatoms. The monoisotopic (exact) mass is 490 g/mol. The van der Waals surface area contributed by atoms with Crippen LogP contribution < -0.4 is 10.7 Å². The van der Waals surface area contributed by atoms with Crippen molar-refractivity contribution >= 4 is 38.8 Å². The Morgan fingerprint density at radius 3 is 2.55 bits per heavy atom. The number of hydrazone groups is 1. The Labute approximate surface area is 203 Å². The number of hydrogen-bond acceptors (Lipinski definition) is 5. The minimum absolute atomic E-state index is 0.237. The molecule has 0 saturated carbocycles. The van der Waals surface area contributed by atoms with Crippen LogP contribution in [0.4, 0.5) is 5.69 Å². The first-order valence-corrected chi connectivity index (χ1v) is 13.1. The van der Waals surface area contributed by atoms with E-state index in [4.69, 9.17) is 17.0 Å². The van der Waals surface area contributed by atoms with Gasteiger partial charge in [0.2, 0.25) is 10.0 Å². The van der Waals surface area contributed by atoms with Crippen molar-refractivity contribution in [2.24, 2.45) is 16.4 Å². The largest absolute Gasteiger partial charge is 0.379 e. The number of hydrogen-bond donors (Lipinski definition) is 2. The number of nitrogens with zero attached hydrogens (tertiary/aromatic N) is 2. The zero-order valence-electron chi connectivity index (χ0n) is 19.8. The molecule has 7 nitrogen and oxygen atoms in total. The molecule has 2 N–H and O–H groups in total. The lowest BCUT2D eigenvalue weighted by molar-refractivity contribution is 0.0730. The Balaban J connectivity index is 1.55. The molecule has 180 valence electrons. The van der Waals surface area contributed by atoms with Gasteiger partial charge in [-0.15, -0.1) is 0 Å². The molecular formula is C24H34N4O3S2. The van der Waals surface area contributed by atoms with Gasteiger partial charge in [0.1, 0.15) is 0 Å². The van der Waals surface area contributed by atoms with Crippen LogP contribution in [-0.4, -0.2) is 49.9 Å². The molecule has 1 aliphatic carbocycles. The predicted molar refractivity (Wildman–Crippen MR) is 138 cm³/mol. The summed E-state index contributed by atoms with van der Waals surface area (Å²) in [6.45, 7) is 10.3. The van der Waals surface area contributed by atoms with Crippen molar-refractivity contribution in [1.82, 2.24) is 9.73 Å². The highest BCUT2D eigenvalue weighted by molar-refractivity contribution is 7.89. The molecule has 2 aliphatic rings. The molecule has 0 unspecified atom stereocenters. The molecule has 1 heterocycles. The number of ether oxygens (including phenoxy) is 1. The highest BCUT2D eigenvalue weighted by Crippen LogP contribution is 2.41. The summed E-state index contributed by atoms with van der Waals surface area (Å²) < 4.78 is 32.1. The second-order valence-electron chi connectivity index (χ2n) is 9.17. The fourth-order valence-electron chi connectivity index (χ4n) is 4.20. The zero-order valence-corrected chi connectivity index (χ0v) is 21.4. The summed E-state index contributed by atoms with van der Waals surface area (Å²) in [6, 6.07) is 6.54. The quantitative estimate of drug-likeness (QED) is 0.268. The lowest BCUT2D eigenvalue weighted by Crippen LogP contribution is -2.40. The van der Waals surface area contributed by atoms with E-state index in [0.29, 0.717) is 43.0 Å². The van der Waals surface area contributed by atoms with Crippen molar-refractivity contribution in [3.8, 4) is 0 Å². The Hall–Kier alpha value is -2.07. The van der Waals surface area contributed by atoms with Crippen LogP contribution in [0.3, 0.4) is 0 Å². The summed E-state index contributed by atoms with van der Waals surface area (Å²) in [5.74, 6) is 0.397. The normalized spacial score (nSPS) is 22.1. The Morgan fingerprint density at radius 1 is 1.24 bits per heavy atom. The maximum Gasteiger partial charge on any atom is 0.243 e. The van der Waals surface area contributed by atoms with Crippen LogP contribution in [0.2, 0.25) is 0 Å². The van der Waals surface area contributed by atoms with E-state index >= 15 is 0 Å². The predicted octanol–water partition coefficient (Wildman–Crippen LogP) is 4.31. The molecule has 1 aromatic carbocycles. The van der Waals surface area contributed by atoms with Gasteiger partial charge >= 0.3 is 0 Å². The Kier molecular flexibility index (Phi) is 8.44. The number of morpholine rings is 1. The maximum absolute atomic E-state index is 12.7. The molecule has 33 heavy (non-hydrogen) atoms. The van der Waals surface area contributed by atoms with E-state index in [1.807, 2.05) is 13.0 Å². The van der Waals surface area contributed by atoms with Crippen LogP contribution in [0.1, 0.15) is 40.5 Å². The van der Waals surface area contributed by atoms with Gasteiger partial charge in [-0.1, -0.05) is 31.6 Å². The SMILES string of the molecule is CC1=CCCC(C)(C)[C@@H]1/C=C/C(C)=N\NC(=S)Nc1ccc(S(=O)(=O)N2CCOCC2)cc1. The number of thiocarbonyl (C=S) groups is 1. The summed E-state index contributed by atoms with van der Waals surface area (Å²) in [5, 5.41) is 7.70. The van der Waals surface area contributed by atoms with Gasteiger partial charge in [-0.25, -0.2) is 8.42 Å². The van der Waals surface area contributed by atoms with Crippen molar-refractivity contribution in [1.29, 1.82) is 0 Å². The number of anilines is 1. The first-order chi connectivity index (χ1) is 15.6. The van der Waals surface area contributed by atoms with Gasteiger partial charge in [-0.05, 0) is 74.7 Å². The van der Waals surface area contributed by atoms with Crippen LogP contribution in [0.15, 0.2) is 58.1 Å². The molecule has 1 fully saturated rings. The molecule has 1 atom stereocenters. The topological polar surface area (TPSA) is 83.0 Å². The van der Waals surface area contributed by atoms with Crippen LogP contribution in [0.25, 0.3) is 0 Å². The third-order valence-electron chi connectivity index (χ3n) is 6.17. The van der Waals surface area contributed by atoms with E-state index in [9.17, 15) is 8.42 Å². The average Bonchev–Trinajstić information content (AvgIpc) is 2.78. The number of rotatable bonds is 6. The second kappa shape index (κ2) is 10.9. The summed E-state index contributed by atoms with van der Waals surface area (Å²) in [6.07, 6.45) is 8.87. The van der Waals surface area contributed by atoms with Crippen LogP contribution in [0, 0.1) is 11.3 Å². The van der Waals surface area contributed by atoms with Crippen molar-refractivity contribution in [3.05, 3.63) is 48.1 Å². The lowest BCUT2D eigenvalue weighted by atomic mass is 9.68. The first kappa shape index (κ1) is 25.6. The Bertz CT molecular complexity index is 1040. The molecule has 0 amide bonds. The number of allylic oxidation sites excluding steroid dienone is 4. The highest BCUT2D eigenvalue weighted by Gasteiger charge is 2.30. The highest BCUT2D eigenvalue weighted by atomic mass is 32.2. The van der Waals surface area contributed by atoms with Crippen LogP contribution >= 0.6 is 12.2 Å². The van der Waals surface area contributed by atoms with Crippen molar-refractivity contribution in [2.75, 3.05) is 31.6 Å². The van der Waals surface area contributed by atoms with Gasteiger partial charge < -0.3 is 10.1 Å². The molecule has 0 bridgehead atoms. The number of benzene rings is 1. The summed E-state index contributed by atoms with van der Waals surface area (Å²) >= 11 is 5.32. The average molecular weight is 491 g/mol. The molecule has 1 saturated heterocycles. The standard InChI is InChI=1S/C24H34N4O3S2/c1-18-6-5-13-24(3,4)22(18)12-7-19(2)26-27-23(32)25-20-8-10-21(11-9-20)33(29,30)28-14-16-31-17-15-28/h6-12,22H,5,13-17H2,1-4H3,(H2,25,27,32)/b12-7+,26-19-/t22-/m1/s1. The smallest absolute Gasteiger partial charge is 0.243 e. The third kappa shape index (κ3) is 6.72. The summed E-state index contributed by atoms with van der Waals surface area (Å²) in [5.41, 5.74) is 5.99. The molecule has 3 rings (SSSR count). The van der Waals surface area contributed by atoms with Gasteiger partial charge in [-0.3, -0.25) is 5.43 Å². The summed E-state index contributed by atoms with van der Waals surface area (Å²) in [7, 11) is -3.51. The van der Waals surface area contributed by atoms with E-state index in [1.165, 1.54) is 16.3 Å². The number of sulfonamides is 1. The third-order valence-corrected chi connectivity index (χ3v) is 8.28. The van der Waals surface area contributed by atoms with Gasteiger partial charge in [0, 0.05) is 24.7 Å². The zero-order chi connectivity index (χ0) is 24.1. The molecule has 1 aromatic rings. The molecule has 0 radical (unpaired) electrons. The minimum Gasteiger partial charge on any atom is -0.379 e. The van der Waals surface area contributed by atoms with E-state index in [0.717, 1.165) is 12.1 Å². The van der Waals surface area contributed by atoms with Crippen molar-refractivity contribution < 1.29 is 13.2 Å². The lowest BCUT2D eigenvalue weighted by Gasteiger charge is -2.36. The molecular weight excluding hydrogens is 456 g/mol. The van der Waals surface area contributed by atoms with E-state index in [1.54, 1.807) is 24.3 Å². The van der Waals surface area contributed by atoms with Crippen molar-refractivity contribution in [2.45, 2.75) is 45.4 Å². The molecule has 0 aromatic heterocycles. The van der Waals surface area contributed by atoms with Gasteiger partial charge in [0.05, 0.1) is 23.8 Å². The second-order valence-corrected chi connectivity index (χ2v) is 11.5. The molecule has 0 spiro atoms. The van der Waals surface area contributed by atoms with E-state index in [2.05, 4.69) is 48.8 Å². The van der Waals surface area contributed by atoms with Crippen molar-refractivity contribution in [3.63, 3.8) is 0 Å². The van der Waals surface area contributed by atoms with Gasteiger partial charge in [-0.2, -0.15) is 9.41 Å². The fraction of sp³-hybridized carbons (Fsp3) is 0.500. The van der Waals surface area contributed by atoms with E-state index in [-0.39, 0.29) is 10.3 Å². The summed E-state index contributed by atoms with van der Waals surface area (Å²) in [4.78, 5) is 0.253. The number of nitrogens with one attached hydrogen (secondary N) is 2. The maximum atomic E-state index is 12.7. The van der Waals surface area contributed by atoms with Gasteiger partial charge in [0.25, 0.3) is 0 Å². The van der Waals surface area contributed by atoms with Crippen LogP contribution in [0.5, 0.6) is 0 Å². The van der Waals surface area contributed by atoms with Gasteiger partial charge in [0.15, 0.2) is 5.11 Å². The van der Waals surface area contributed by atoms with Crippen LogP contribution in [-0.2, 0) is 14.8 Å². The minimum atomic E-state index is -3.51. The van der Waals surface area contributed by atoms with E-state index < -0.39 is 10.0 Å². The Morgan fingerprint density at radius 2 is 1.91 bits per heavy atom.